The van der Waals surface area contributed by atoms with Crippen LogP contribution in [0.4, 0.5) is 4.79 Å². The van der Waals surface area contributed by atoms with Crippen LogP contribution in [0.2, 0.25) is 0 Å². The third-order valence-electron chi connectivity index (χ3n) is 1.81. The molecule has 0 fully saturated rings. The number of rotatable bonds is 6. The molecule has 0 aromatic rings. The van der Waals surface area contributed by atoms with E-state index in [4.69, 9.17) is 5.11 Å². The van der Waals surface area contributed by atoms with Crippen LogP contribution in [0.3, 0.4) is 0 Å². The second-order valence-corrected chi connectivity index (χ2v) is 3.22. The van der Waals surface area contributed by atoms with Crippen LogP contribution in [0.5, 0.6) is 0 Å². The average molecular weight is 188 g/mol. The summed E-state index contributed by atoms with van der Waals surface area (Å²) in [7, 11) is 0. The van der Waals surface area contributed by atoms with Gasteiger partial charge in [0.1, 0.15) is 0 Å². The first-order chi connectivity index (χ1) is 6.20. The molecule has 0 rings (SSSR count). The highest BCUT2D eigenvalue weighted by molar-refractivity contribution is 5.73. The molecule has 2 amide bonds. The zero-order chi connectivity index (χ0) is 10.1. The Labute approximate surface area is 79.7 Å². The normalized spacial score (nSPS) is 12.2. The molecule has 0 saturated heterocycles. The summed E-state index contributed by atoms with van der Waals surface area (Å²) in [4.78, 5) is 10.9. The van der Waals surface area contributed by atoms with Crippen molar-refractivity contribution in [2.45, 2.75) is 26.7 Å². The van der Waals surface area contributed by atoms with Gasteiger partial charge in [-0.2, -0.15) is 0 Å². The lowest BCUT2D eigenvalue weighted by atomic mass is 10.1. The number of nitrogens with one attached hydrogen (secondary N) is 2. The molecule has 0 heterocycles. The van der Waals surface area contributed by atoms with Gasteiger partial charge in [-0.3, -0.25) is 0 Å². The van der Waals surface area contributed by atoms with Gasteiger partial charge >= 0.3 is 6.03 Å². The summed E-state index contributed by atoms with van der Waals surface area (Å²) in [5, 5.41) is 14.1. The summed E-state index contributed by atoms with van der Waals surface area (Å²) in [5.41, 5.74) is 0. The number of aliphatic hydroxyl groups excluding tert-OH is 1. The molecule has 0 aromatic heterocycles. The van der Waals surface area contributed by atoms with E-state index in [-0.39, 0.29) is 12.6 Å². The highest BCUT2D eigenvalue weighted by Crippen LogP contribution is 2.02. The summed E-state index contributed by atoms with van der Waals surface area (Å²) in [5.74, 6) is 0.330. The molecule has 1 atom stereocenters. The summed E-state index contributed by atoms with van der Waals surface area (Å²) >= 11 is 0. The molecule has 0 radical (unpaired) electrons. The van der Waals surface area contributed by atoms with E-state index in [1.54, 1.807) is 0 Å². The van der Waals surface area contributed by atoms with Crippen LogP contribution in [0.15, 0.2) is 0 Å². The Morgan fingerprint density at radius 3 is 2.69 bits per heavy atom. The van der Waals surface area contributed by atoms with Gasteiger partial charge < -0.3 is 15.7 Å². The molecule has 1 unspecified atom stereocenters. The van der Waals surface area contributed by atoms with E-state index >= 15 is 0 Å². The lowest BCUT2D eigenvalue weighted by Gasteiger charge is -2.08. The molecular weight excluding hydrogens is 168 g/mol. The van der Waals surface area contributed by atoms with Gasteiger partial charge in [0.15, 0.2) is 0 Å². The van der Waals surface area contributed by atoms with Crippen LogP contribution in [0.25, 0.3) is 0 Å². The number of carbonyl (C=O) groups excluding carboxylic acids is 1. The maximum absolute atomic E-state index is 10.9. The summed E-state index contributed by atoms with van der Waals surface area (Å²) in [6, 6.07) is -0.112. The number of amides is 2. The lowest BCUT2D eigenvalue weighted by molar-refractivity contribution is 0.226. The quantitative estimate of drug-likeness (QED) is 0.538. The number of aliphatic hydroxyl groups is 1. The third-order valence-corrected chi connectivity index (χ3v) is 1.81. The molecule has 78 valence electrons. The molecule has 13 heavy (non-hydrogen) atoms. The monoisotopic (exact) mass is 188 g/mol. The smallest absolute Gasteiger partial charge is 0.314 e. The van der Waals surface area contributed by atoms with Crippen molar-refractivity contribution in [3.8, 4) is 0 Å². The van der Waals surface area contributed by atoms with Crippen molar-refractivity contribution in [3.63, 3.8) is 0 Å². The van der Waals surface area contributed by atoms with Gasteiger partial charge in [0.05, 0.1) is 0 Å². The third kappa shape index (κ3) is 7.59. The van der Waals surface area contributed by atoms with E-state index in [1.165, 1.54) is 0 Å². The molecule has 4 nitrogen and oxygen atoms in total. The highest BCUT2D eigenvalue weighted by atomic mass is 16.3. The largest absolute Gasteiger partial charge is 0.396 e. The van der Waals surface area contributed by atoms with Gasteiger partial charge in [-0.05, 0) is 25.7 Å². The van der Waals surface area contributed by atoms with Gasteiger partial charge in [-0.1, -0.05) is 6.92 Å². The first-order valence-electron chi connectivity index (χ1n) is 4.83. The second-order valence-electron chi connectivity index (χ2n) is 3.22. The van der Waals surface area contributed by atoms with E-state index in [0.29, 0.717) is 19.0 Å². The number of urea groups is 1. The molecule has 0 aromatic carbocycles. The number of hydrogen-bond acceptors (Lipinski definition) is 2. The maximum Gasteiger partial charge on any atom is 0.314 e. The second kappa shape index (κ2) is 7.86. The minimum Gasteiger partial charge on any atom is -0.396 e. The van der Waals surface area contributed by atoms with Crippen LogP contribution in [0, 0.1) is 5.92 Å². The Morgan fingerprint density at radius 1 is 1.46 bits per heavy atom. The molecule has 0 aliphatic carbocycles. The van der Waals surface area contributed by atoms with Crippen LogP contribution in [-0.4, -0.2) is 30.8 Å². The fraction of sp³-hybridized carbons (Fsp3) is 0.889. The van der Waals surface area contributed by atoms with Crippen LogP contribution in [-0.2, 0) is 0 Å². The Bertz CT molecular complexity index is 140. The molecule has 0 spiro atoms. The summed E-state index contributed by atoms with van der Waals surface area (Å²) in [6.07, 6.45) is 1.86. The van der Waals surface area contributed by atoms with Crippen molar-refractivity contribution in [3.05, 3.63) is 0 Å². The van der Waals surface area contributed by atoms with Crippen molar-refractivity contribution >= 4 is 6.03 Å². The van der Waals surface area contributed by atoms with Gasteiger partial charge in [0.2, 0.25) is 0 Å². The van der Waals surface area contributed by atoms with Crippen molar-refractivity contribution in [2.75, 3.05) is 19.7 Å². The van der Waals surface area contributed by atoms with E-state index in [2.05, 4.69) is 10.6 Å². The van der Waals surface area contributed by atoms with Gasteiger partial charge in [0, 0.05) is 19.7 Å². The standard InChI is InChI=1S/C9H20N2O2/c1-3-10-9(13)11-6-4-5-8(2)7-12/h8,12H,3-7H2,1-2H3,(H2,10,11,13). The highest BCUT2D eigenvalue weighted by Gasteiger charge is 2.00. The van der Waals surface area contributed by atoms with E-state index in [9.17, 15) is 4.79 Å². The fourth-order valence-electron chi connectivity index (χ4n) is 0.967. The molecular formula is C9H20N2O2. The van der Waals surface area contributed by atoms with E-state index in [1.807, 2.05) is 13.8 Å². The van der Waals surface area contributed by atoms with Gasteiger partial charge in [0.25, 0.3) is 0 Å². The number of hydrogen-bond donors (Lipinski definition) is 3. The molecule has 4 heteroatoms. The SMILES string of the molecule is CCNC(=O)NCCCC(C)CO. The Hall–Kier alpha value is -0.770. The molecule has 0 aliphatic rings. The van der Waals surface area contributed by atoms with Crippen LogP contribution >= 0.6 is 0 Å². The van der Waals surface area contributed by atoms with Gasteiger partial charge in [-0.25, -0.2) is 4.79 Å². The minimum absolute atomic E-state index is 0.112. The summed E-state index contributed by atoms with van der Waals surface area (Å²) < 4.78 is 0. The predicted octanol–water partition coefficient (Wildman–Crippen LogP) is 0.714. The van der Waals surface area contributed by atoms with Crippen molar-refractivity contribution < 1.29 is 9.90 Å². The topological polar surface area (TPSA) is 61.4 Å². The van der Waals surface area contributed by atoms with E-state index in [0.717, 1.165) is 12.8 Å². The predicted molar refractivity (Wildman–Crippen MR) is 52.6 cm³/mol. The average Bonchev–Trinajstić information content (AvgIpc) is 2.12. The Kier molecular flexibility index (Phi) is 7.39. The zero-order valence-electron chi connectivity index (χ0n) is 8.47. The number of carbonyl (C=O) groups is 1. The minimum atomic E-state index is -0.112. The lowest BCUT2D eigenvalue weighted by Crippen LogP contribution is -2.35. The summed E-state index contributed by atoms with van der Waals surface area (Å²) in [6.45, 7) is 5.43. The molecule has 0 bridgehead atoms. The van der Waals surface area contributed by atoms with Crippen LogP contribution < -0.4 is 10.6 Å². The van der Waals surface area contributed by atoms with Gasteiger partial charge in [-0.15, -0.1) is 0 Å². The zero-order valence-corrected chi connectivity index (χ0v) is 8.47. The Morgan fingerprint density at radius 2 is 2.15 bits per heavy atom. The first kappa shape index (κ1) is 12.2. The Balaban J connectivity index is 3.20. The molecule has 0 aliphatic heterocycles. The first-order valence-corrected chi connectivity index (χ1v) is 4.83. The van der Waals surface area contributed by atoms with Crippen molar-refractivity contribution in [1.29, 1.82) is 0 Å². The van der Waals surface area contributed by atoms with Crippen molar-refractivity contribution in [2.24, 2.45) is 5.92 Å². The van der Waals surface area contributed by atoms with Crippen LogP contribution in [0.1, 0.15) is 26.7 Å². The van der Waals surface area contributed by atoms with E-state index < -0.39 is 0 Å². The molecule has 3 N–H and O–H groups in total. The maximum atomic E-state index is 10.9. The molecule has 0 saturated carbocycles. The fourth-order valence-corrected chi connectivity index (χ4v) is 0.967. The van der Waals surface area contributed by atoms with Crippen molar-refractivity contribution in [1.82, 2.24) is 10.6 Å².